The maximum absolute atomic E-state index is 10.5. The van der Waals surface area contributed by atoms with E-state index in [0.717, 1.165) is 18.1 Å². The summed E-state index contributed by atoms with van der Waals surface area (Å²) >= 11 is 3.14. The summed E-state index contributed by atoms with van der Waals surface area (Å²) in [6, 6.07) is 0.496. The van der Waals surface area contributed by atoms with E-state index in [9.17, 15) is 4.79 Å². The van der Waals surface area contributed by atoms with Crippen LogP contribution >= 0.6 is 23.5 Å². The number of rotatable bonds is 5. The molecule has 1 aliphatic rings. The van der Waals surface area contributed by atoms with E-state index in [1.807, 2.05) is 30.4 Å². The highest BCUT2D eigenvalue weighted by atomic mass is 32.2. The Balaban J connectivity index is 2.06. The number of hydrogen-bond acceptors (Lipinski definition) is 6. The van der Waals surface area contributed by atoms with Crippen LogP contribution in [0.2, 0.25) is 0 Å². The topological polar surface area (TPSA) is 71.2 Å². The van der Waals surface area contributed by atoms with Crippen molar-refractivity contribution in [1.29, 1.82) is 0 Å². The average molecular weight is 288 g/mol. The maximum atomic E-state index is 10.5. The zero-order valence-electron chi connectivity index (χ0n) is 10.4. The highest BCUT2D eigenvalue weighted by Crippen LogP contribution is 2.26. The summed E-state index contributed by atoms with van der Waals surface area (Å²) in [5, 5.41) is 17.5. The lowest BCUT2D eigenvalue weighted by atomic mass is 10.2. The summed E-state index contributed by atoms with van der Waals surface area (Å²) in [7, 11) is 3.89. The van der Waals surface area contributed by atoms with Crippen LogP contribution in [0, 0.1) is 0 Å². The van der Waals surface area contributed by atoms with Crippen LogP contribution in [-0.4, -0.2) is 56.2 Å². The van der Waals surface area contributed by atoms with Crippen molar-refractivity contribution in [2.75, 3.05) is 29.2 Å². The molecule has 1 fully saturated rings. The number of carboxylic acids is 1. The maximum Gasteiger partial charge on any atom is 0.313 e. The van der Waals surface area contributed by atoms with E-state index in [0.29, 0.717) is 11.2 Å². The summed E-state index contributed by atoms with van der Waals surface area (Å²) in [5.74, 6) is 2.27. The van der Waals surface area contributed by atoms with Crippen LogP contribution in [0.5, 0.6) is 0 Å². The van der Waals surface area contributed by atoms with Gasteiger partial charge in [-0.15, -0.1) is 10.2 Å². The molecule has 0 saturated carbocycles. The number of carbonyl (C=O) groups is 1. The van der Waals surface area contributed by atoms with Gasteiger partial charge in [-0.3, -0.25) is 9.36 Å². The highest BCUT2D eigenvalue weighted by Gasteiger charge is 2.24. The van der Waals surface area contributed by atoms with Crippen molar-refractivity contribution in [2.24, 2.45) is 7.05 Å². The van der Waals surface area contributed by atoms with Gasteiger partial charge >= 0.3 is 5.97 Å². The molecule has 2 heterocycles. The first-order valence-electron chi connectivity index (χ1n) is 5.64. The Morgan fingerprint density at radius 2 is 2.44 bits per heavy atom. The first-order valence-corrected chi connectivity index (χ1v) is 7.78. The van der Waals surface area contributed by atoms with Gasteiger partial charge in [0.15, 0.2) is 5.16 Å². The van der Waals surface area contributed by atoms with E-state index in [-0.39, 0.29) is 5.75 Å². The molecule has 1 N–H and O–H groups in total. The second-order valence-electron chi connectivity index (χ2n) is 4.15. The molecule has 0 aromatic carbocycles. The molecule has 0 aliphatic carbocycles. The lowest BCUT2D eigenvalue weighted by Crippen LogP contribution is -2.33. The van der Waals surface area contributed by atoms with E-state index >= 15 is 0 Å². The molecule has 1 aromatic heterocycles. The number of thioether (sulfide) groups is 2. The second-order valence-corrected chi connectivity index (χ2v) is 6.24. The Kier molecular flexibility index (Phi) is 4.39. The van der Waals surface area contributed by atoms with Gasteiger partial charge in [0, 0.05) is 25.9 Å². The van der Waals surface area contributed by atoms with E-state index in [1.165, 1.54) is 17.5 Å². The van der Waals surface area contributed by atoms with Gasteiger partial charge in [-0.2, -0.15) is 11.8 Å². The molecule has 2 rings (SSSR count). The summed E-state index contributed by atoms with van der Waals surface area (Å²) in [6.07, 6.45) is 1.16. The molecule has 0 spiro atoms. The summed E-state index contributed by atoms with van der Waals surface area (Å²) in [4.78, 5) is 12.7. The van der Waals surface area contributed by atoms with Gasteiger partial charge < -0.3 is 10.0 Å². The van der Waals surface area contributed by atoms with Gasteiger partial charge in [0.25, 0.3) is 0 Å². The predicted octanol–water partition coefficient (Wildman–Crippen LogP) is 0.933. The zero-order valence-corrected chi connectivity index (χ0v) is 12.0. The minimum Gasteiger partial charge on any atom is -0.481 e. The van der Waals surface area contributed by atoms with Gasteiger partial charge in [-0.1, -0.05) is 11.8 Å². The minimum atomic E-state index is -0.843. The molecule has 1 aliphatic heterocycles. The van der Waals surface area contributed by atoms with Gasteiger partial charge in [-0.25, -0.2) is 0 Å². The van der Waals surface area contributed by atoms with Crippen LogP contribution in [0.1, 0.15) is 6.42 Å². The Labute approximate surface area is 114 Å². The molecule has 100 valence electrons. The first kappa shape index (κ1) is 13.5. The van der Waals surface area contributed by atoms with E-state index in [2.05, 4.69) is 15.1 Å². The Bertz CT molecular complexity index is 432. The molecule has 0 bridgehead atoms. The predicted molar refractivity (Wildman–Crippen MR) is 73.5 cm³/mol. The normalized spacial score (nSPS) is 19.1. The molecular formula is C10H16N4O2S2. The Hall–Kier alpha value is -0.890. The average Bonchev–Trinajstić information content (AvgIpc) is 2.95. The summed E-state index contributed by atoms with van der Waals surface area (Å²) in [6.45, 7) is 0. The molecule has 1 atom stereocenters. The van der Waals surface area contributed by atoms with Crippen molar-refractivity contribution in [3.63, 3.8) is 0 Å². The molecule has 0 radical (unpaired) electrons. The second kappa shape index (κ2) is 5.83. The van der Waals surface area contributed by atoms with Gasteiger partial charge in [-0.05, 0) is 12.2 Å². The van der Waals surface area contributed by atoms with Crippen LogP contribution < -0.4 is 4.90 Å². The molecule has 6 nitrogen and oxygen atoms in total. The third-order valence-electron chi connectivity index (χ3n) is 2.91. The molecule has 1 saturated heterocycles. The number of aliphatic carboxylic acids is 1. The van der Waals surface area contributed by atoms with Crippen molar-refractivity contribution in [2.45, 2.75) is 17.6 Å². The molecule has 1 aromatic rings. The molecular weight excluding hydrogens is 272 g/mol. The zero-order chi connectivity index (χ0) is 13.1. The van der Waals surface area contributed by atoms with Crippen LogP contribution in [0.15, 0.2) is 5.16 Å². The van der Waals surface area contributed by atoms with Crippen molar-refractivity contribution in [3.05, 3.63) is 0 Å². The highest BCUT2D eigenvalue weighted by molar-refractivity contribution is 7.99. The summed E-state index contributed by atoms with van der Waals surface area (Å²) in [5.41, 5.74) is 0. The number of nitrogens with zero attached hydrogens (tertiary/aromatic N) is 4. The van der Waals surface area contributed by atoms with E-state index in [1.54, 1.807) is 0 Å². The van der Waals surface area contributed by atoms with Gasteiger partial charge in [0.05, 0.1) is 5.75 Å². The third kappa shape index (κ3) is 2.92. The largest absolute Gasteiger partial charge is 0.481 e. The van der Waals surface area contributed by atoms with Crippen molar-refractivity contribution < 1.29 is 9.90 Å². The lowest BCUT2D eigenvalue weighted by Gasteiger charge is -2.24. The monoisotopic (exact) mass is 288 g/mol. The number of carboxylic acid groups (broad SMARTS) is 1. The van der Waals surface area contributed by atoms with Crippen LogP contribution in [-0.2, 0) is 11.8 Å². The fraction of sp³-hybridized carbons (Fsp3) is 0.700. The molecule has 1 unspecified atom stereocenters. The summed E-state index contributed by atoms with van der Waals surface area (Å²) < 4.78 is 1.86. The van der Waals surface area contributed by atoms with Gasteiger partial charge in [0.2, 0.25) is 5.95 Å². The third-order valence-corrected chi connectivity index (χ3v) is 5.06. The number of hydrogen-bond donors (Lipinski definition) is 1. The fourth-order valence-electron chi connectivity index (χ4n) is 1.86. The Morgan fingerprint density at radius 1 is 1.67 bits per heavy atom. The standard InChI is InChI=1S/C10H16N4O2S2/c1-13(7-3-4-17-5-7)9-11-12-10(14(9)2)18-6-8(15)16/h7H,3-6H2,1-2H3,(H,15,16). The van der Waals surface area contributed by atoms with Crippen molar-refractivity contribution in [1.82, 2.24) is 14.8 Å². The van der Waals surface area contributed by atoms with E-state index in [4.69, 9.17) is 5.11 Å². The number of anilines is 1. The van der Waals surface area contributed by atoms with Crippen LogP contribution in [0.3, 0.4) is 0 Å². The SMILES string of the molecule is CN(c1nnc(SCC(=O)O)n1C)C1CCSC1. The molecule has 0 amide bonds. The lowest BCUT2D eigenvalue weighted by molar-refractivity contribution is -0.133. The fourth-order valence-corrected chi connectivity index (χ4v) is 3.75. The molecule has 8 heteroatoms. The quantitative estimate of drug-likeness (QED) is 0.808. The van der Waals surface area contributed by atoms with Crippen molar-refractivity contribution in [3.8, 4) is 0 Å². The van der Waals surface area contributed by atoms with Crippen molar-refractivity contribution >= 4 is 35.4 Å². The van der Waals surface area contributed by atoms with Gasteiger partial charge in [0.1, 0.15) is 0 Å². The minimum absolute atomic E-state index is 0.00890. The smallest absolute Gasteiger partial charge is 0.313 e. The van der Waals surface area contributed by atoms with Crippen LogP contribution in [0.25, 0.3) is 0 Å². The number of aromatic nitrogens is 3. The van der Waals surface area contributed by atoms with Crippen LogP contribution in [0.4, 0.5) is 5.95 Å². The molecule has 18 heavy (non-hydrogen) atoms. The van der Waals surface area contributed by atoms with E-state index < -0.39 is 5.97 Å². The Morgan fingerprint density at radius 3 is 3.06 bits per heavy atom. The first-order chi connectivity index (χ1) is 8.59.